The normalized spacial score (nSPS) is 16.4. The summed E-state index contributed by atoms with van der Waals surface area (Å²) in [6.45, 7) is 4.34. The van der Waals surface area contributed by atoms with Gasteiger partial charge < -0.3 is 4.90 Å². The molecule has 1 aliphatic rings. The summed E-state index contributed by atoms with van der Waals surface area (Å²) in [6, 6.07) is 0. The third kappa shape index (κ3) is 2.00. The molecule has 16 heavy (non-hydrogen) atoms. The number of nitrogens with zero attached hydrogens (tertiary/aromatic N) is 4. The summed E-state index contributed by atoms with van der Waals surface area (Å²) in [6.07, 6.45) is 4.91. The quantitative estimate of drug-likeness (QED) is 0.580. The number of rotatable bonds is 3. The summed E-state index contributed by atoms with van der Waals surface area (Å²) in [5.74, 6) is 0.534. The largest absolute Gasteiger partial charge is 0.349 e. The molecule has 1 aromatic heterocycles. The van der Waals surface area contributed by atoms with Gasteiger partial charge in [-0.1, -0.05) is 0 Å². The first kappa shape index (κ1) is 10.9. The number of aromatic nitrogens is 2. The van der Waals surface area contributed by atoms with Crippen molar-refractivity contribution in [2.45, 2.75) is 32.7 Å². The van der Waals surface area contributed by atoms with E-state index in [1.807, 2.05) is 11.8 Å². The smallest absolute Gasteiger partial charge is 0.330 e. The molecule has 2 heterocycles. The molecule has 0 unspecified atom stereocenters. The molecule has 1 saturated heterocycles. The number of anilines is 1. The molecule has 0 bridgehead atoms. The van der Waals surface area contributed by atoms with Crippen molar-refractivity contribution in [1.82, 2.24) is 9.78 Å². The molecule has 0 aliphatic carbocycles. The molecule has 0 radical (unpaired) electrons. The van der Waals surface area contributed by atoms with Gasteiger partial charge in [-0.05, 0) is 26.2 Å². The van der Waals surface area contributed by atoms with E-state index < -0.39 is 0 Å². The van der Waals surface area contributed by atoms with Crippen LogP contribution in [0.15, 0.2) is 6.20 Å². The Morgan fingerprint density at radius 3 is 2.69 bits per heavy atom. The summed E-state index contributed by atoms with van der Waals surface area (Å²) < 4.78 is 1.63. The van der Waals surface area contributed by atoms with Crippen LogP contribution in [0.1, 0.15) is 26.2 Å². The van der Waals surface area contributed by atoms with Crippen molar-refractivity contribution in [3.05, 3.63) is 16.3 Å². The molecule has 0 saturated carbocycles. The molecule has 0 amide bonds. The van der Waals surface area contributed by atoms with Crippen molar-refractivity contribution < 1.29 is 4.92 Å². The maximum Gasteiger partial charge on any atom is 0.330 e. The Bertz CT molecular complexity index is 382. The van der Waals surface area contributed by atoms with E-state index in [-0.39, 0.29) is 10.6 Å². The highest BCUT2D eigenvalue weighted by molar-refractivity contribution is 5.56. The molecule has 0 atom stereocenters. The second-order valence-electron chi connectivity index (χ2n) is 4.00. The van der Waals surface area contributed by atoms with Crippen LogP contribution in [0.5, 0.6) is 0 Å². The first-order chi connectivity index (χ1) is 7.72. The summed E-state index contributed by atoms with van der Waals surface area (Å²) in [7, 11) is 0. The minimum absolute atomic E-state index is 0.128. The van der Waals surface area contributed by atoms with E-state index in [4.69, 9.17) is 0 Å². The number of hydrogen-bond acceptors (Lipinski definition) is 4. The van der Waals surface area contributed by atoms with Crippen molar-refractivity contribution in [2.75, 3.05) is 18.0 Å². The van der Waals surface area contributed by atoms with Gasteiger partial charge in [0, 0.05) is 19.6 Å². The zero-order valence-corrected chi connectivity index (χ0v) is 9.43. The lowest BCUT2D eigenvalue weighted by Gasteiger charge is -2.25. The van der Waals surface area contributed by atoms with E-state index in [0.717, 1.165) is 25.9 Å². The van der Waals surface area contributed by atoms with Crippen molar-refractivity contribution >= 4 is 11.5 Å². The van der Waals surface area contributed by atoms with Crippen LogP contribution in [0.4, 0.5) is 11.5 Å². The molecule has 0 spiro atoms. The van der Waals surface area contributed by atoms with Crippen molar-refractivity contribution in [3.8, 4) is 0 Å². The van der Waals surface area contributed by atoms with E-state index in [2.05, 4.69) is 5.10 Å². The number of hydrogen-bond donors (Lipinski definition) is 0. The Hall–Kier alpha value is -1.59. The molecule has 0 N–H and O–H groups in total. The number of aryl methyl sites for hydroxylation is 1. The molecule has 1 aliphatic heterocycles. The van der Waals surface area contributed by atoms with Gasteiger partial charge in [0.25, 0.3) is 0 Å². The maximum atomic E-state index is 10.9. The molecule has 1 fully saturated rings. The lowest BCUT2D eigenvalue weighted by atomic mass is 10.1. The van der Waals surface area contributed by atoms with Crippen LogP contribution in [0, 0.1) is 10.1 Å². The van der Waals surface area contributed by atoms with E-state index in [0.29, 0.717) is 12.4 Å². The Kier molecular flexibility index (Phi) is 3.07. The van der Waals surface area contributed by atoms with Gasteiger partial charge in [0.05, 0.1) is 4.92 Å². The lowest BCUT2D eigenvalue weighted by molar-refractivity contribution is -0.384. The lowest BCUT2D eigenvalue weighted by Crippen LogP contribution is -2.30. The molecular weight excluding hydrogens is 208 g/mol. The van der Waals surface area contributed by atoms with E-state index in [1.165, 1.54) is 12.6 Å². The predicted octanol–water partition coefficient (Wildman–Crippen LogP) is 1.80. The third-order valence-electron chi connectivity index (χ3n) is 2.90. The summed E-state index contributed by atoms with van der Waals surface area (Å²) in [5, 5.41) is 15.2. The Morgan fingerprint density at radius 2 is 2.12 bits per heavy atom. The van der Waals surface area contributed by atoms with E-state index in [9.17, 15) is 10.1 Å². The van der Waals surface area contributed by atoms with Crippen LogP contribution >= 0.6 is 0 Å². The van der Waals surface area contributed by atoms with Crippen LogP contribution in [-0.2, 0) is 6.54 Å². The highest BCUT2D eigenvalue weighted by Gasteiger charge is 2.25. The fraction of sp³-hybridized carbons (Fsp3) is 0.700. The molecule has 2 rings (SSSR count). The molecular formula is C10H16N4O2. The fourth-order valence-corrected chi connectivity index (χ4v) is 2.02. The van der Waals surface area contributed by atoms with Gasteiger partial charge in [0.2, 0.25) is 5.82 Å². The number of piperidine rings is 1. The van der Waals surface area contributed by atoms with Gasteiger partial charge in [-0.3, -0.25) is 14.8 Å². The topological polar surface area (TPSA) is 64.2 Å². The molecule has 1 aromatic rings. The highest BCUT2D eigenvalue weighted by Crippen LogP contribution is 2.28. The highest BCUT2D eigenvalue weighted by atomic mass is 16.6. The van der Waals surface area contributed by atoms with Gasteiger partial charge in [-0.15, -0.1) is 5.10 Å². The van der Waals surface area contributed by atoms with E-state index in [1.54, 1.807) is 4.68 Å². The average Bonchev–Trinajstić information content (AvgIpc) is 2.74. The van der Waals surface area contributed by atoms with E-state index >= 15 is 0 Å². The first-order valence-corrected chi connectivity index (χ1v) is 5.69. The van der Waals surface area contributed by atoms with Crippen LogP contribution in [-0.4, -0.2) is 27.8 Å². The minimum atomic E-state index is -0.344. The molecule has 6 nitrogen and oxygen atoms in total. The Morgan fingerprint density at radius 1 is 1.44 bits per heavy atom. The Balaban J connectivity index is 2.29. The van der Waals surface area contributed by atoms with Crippen molar-refractivity contribution in [2.24, 2.45) is 0 Å². The van der Waals surface area contributed by atoms with Crippen molar-refractivity contribution in [1.29, 1.82) is 0 Å². The standard InChI is InChI=1S/C10H16N4O2/c1-2-13-8-9(14(15)16)10(11-13)12-6-4-3-5-7-12/h8H,2-7H2,1H3. The maximum absolute atomic E-state index is 10.9. The first-order valence-electron chi connectivity index (χ1n) is 5.69. The van der Waals surface area contributed by atoms with Crippen LogP contribution in [0.2, 0.25) is 0 Å². The predicted molar refractivity (Wildman–Crippen MR) is 60.6 cm³/mol. The average molecular weight is 224 g/mol. The zero-order valence-electron chi connectivity index (χ0n) is 9.43. The number of nitro groups is 1. The molecule has 88 valence electrons. The van der Waals surface area contributed by atoms with Gasteiger partial charge in [-0.2, -0.15) is 0 Å². The monoisotopic (exact) mass is 224 g/mol. The van der Waals surface area contributed by atoms with Gasteiger partial charge in [0.15, 0.2) is 0 Å². The van der Waals surface area contributed by atoms with Crippen molar-refractivity contribution in [3.63, 3.8) is 0 Å². The van der Waals surface area contributed by atoms with Crippen LogP contribution in [0.3, 0.4) is 0 Å². The van der Waals surface area contributed by atoms with Crippen LogP contribution in [0.25, 0.3) is 0 Å². The Labute approximate surface area is 94.0 Å². The second-order valence-corrected chi connectivity index (χ2v) is 4.00. The minimum Gasteiger partial charge on any atom is -0.349 e. The summed E-state index contributed by atoms with van der Waals surface area (Å²) >= 11 is 0. The SMILES string of the molecule is CCn1cc([N+](=O)[O-])c(N2CCCCC2)n1. The van der Waals surface area contributed by atoms with Gasteiger partial charge >= 0.3 is 5.69 Å². The third-order valence-corrected chi connectivity index (χ3v) is 2.90. The van der Waals surface area contributed by atoms with Crippen LogP contribution < -0.4 is 4.90 Å². The second kappa shape index (κ2) is 4.51. The zero-order chi connectivity index (χ0) is 11.5. The van der Waals surface area contributed by atoms with Gasteiger partial charge in [-0.25, -0.2) is 0 Å². The fourth-order valence-electron chi connectivity index (χ4n) is 2.02. The summed E-state index contributed by atoms with van der Waals surface area (Å²) in [5.41, 5.74) is 0.128. The summed E-state index contributed by atoms with van der Waals surface area (Å²) in [4.78, 5) is 12.6. The molecule has 6 heteroatoms. The van der Waals surface area contributed by atoms with Gasteiger partial charge in [0.1, 0.15) is 6.20 Å². The molecule has 0 aromatic carbocycles.